The molecule has 1 spiro atoms. The number of hydrogen-bond acceptors (Lipinski definition) is 5. The van der Waals surface area contributed by atoms with Crippen LogP contribution in [0.15, 0.2) is 72.1 Å². The highest BCUT2D eigenvalue weighted by atomic mass is 16.2. The standard InChI is InChI=1S/C32H37N5O3/c1-20(2)14-26-30(39)37(27(18-36(26)3)21-8-5-4-6-9-21)19-28(38)34-24-12-11-22-16-32(17-23(22)15-24)25-10-7-13-33-29(25)35-31(32)40/h4-12,15,20,26-27,33H,13-14,16-19H2,1-3H3,(H,34,38)(H,35,40). The molecule has 8 heteroatoms. The Bertz CT molecular complexity index is 1410. The summed E-state index contributed by atoms with van der Waals surface area (Å²) >= 11 is 0. The molecule has 3 atom stereocenters. The summed E-state index contributed by atoms with van der Waals surface area (Å²) in [5, 5.41) is 9.33. The Balaban J connectivity index is 1.20. The molecular weight excluding hydrogens is 502 g/mol. The van der Waals surface area contributed by atoms with E-state index in [0.29, 0.717) is 37.5 Å². The molecule has 40 heavy (non-hydrogen) atoms. The van der Waals surface area contributed by atoms with Crippen molar-refractivity contribution in [3.05, 3.63) is 88.8 Å². The van der Waals surface area contributed by atoms with Crippen LogP contribution in [0.1, 0.15) is 43.0 Å². The number of piperazine rings is 1. The van der Waals surface area contributed by atoms with Crippen molar-refractivity contribution in [2.75, 3.05) is 32.0 Å². The van der Waals surface area contributed by atoms with Crippen LogP contribution in [0.4, 0.5) is 5.69 Å². The summed E-state index contributed by atoms with van der Waals surface area (Å²) < 4.78 is 0. The number of anilines is 1. The Hall–Kier alpha value is -3.91. The lowest BCUT2D eigenvalue weighted by Crippen LogP contribution is -2.58. The molecule has 0 saturated carbocycles. The number of amides is 3. The first-order valence-electron chi connectivity index (χ1n) is 14.2. The number of dihydropyridines is 1. The van der Waals surface area contributed by atoms with Gasteiger partial charge in [-0.05, 0) is 61.1 Å². The molecule has 3 unspecified atom stereocenters. The SMILES string of the molecule is CC(C)CC1C(=O)N(CC(=O)Nc2ccc3c(c2)CC2(C3)C(=O)NC3=C2C=CCN3)C(c2ccccc2)CN1C. The van der Waals surface area contributed by atoms with E-state index in [-0.39, 0.29) is 36.3 Å². The van der Waals surface area contributed by atoms with Crippen LogP contribution in [0.5, 0.6) is 0 Å². The van der Waals surface area contributed by atoms with Gasteiger partial charge in [0.1, 0.15) is 12.4 Å². The average molecular weight is 540 g/mol. The smallest absolute Gasteiger partial charge is 0.244 e. The maximum absolute atomic E-state index is 13.7. The van der Waals surface area contributed by atoms with E-state index in [1.54, 1.807) is 4.90 Å². The van der Waals surface area contributed by atoms with Crippen molar-refractivity contribution < 1.29 is 14.4 Å². The van der Waals surface area contributed by atoms with Crippen molar-refractivity contribution in [3.63, 3.8) is 0 Å². The highest BCUT2D eigenvalue weighted by Gasteiger charge is 2.51. The van der Waals surface area contributed by atoms with Gasteiger partial charge in [0.15, 0.2) is 0 Å². The van der Waals surface area contributed by atoms with E-state index in [1.165, 1.54) is 0 Å². The van der Waals surface area contributed by atoms with E-state index in [2.05, 4.69) is 40.8 Å². The van der Waals surface area contributed by atoms with Gasteiger partial charge in [0.25, 0.3) is 0 Å². The number of carbonyl (C=O) groups excluding carboxylic acids is 3. The van der Waals surface area contributed by atoms with Crippen molar-refractivity contribution in [1.29, 1.82) is 0 Å². The lowest BCUT2D eigenvalue weighted by molar-refractivity contribution is -0.148. The molecule has 208 valence electrons. The number of likely N-dealkylation sites (N-methyl/N-ethyl adjacent to an activating group) is 1. The van der Waals surface area contributed by atoms with Crippen LogP contribution >= 0.6 is 0 Å². The highest BCUT2D eigenvalue weighted by Crippen LogP contribution is 2.48. The van der Waals surface area contributed by atoms with Gasteiger partial charge in [-0.3, -0.25) is 19.3 Å². The lowest BCUT2D eigenvalue weighted by atomic mass is 9.78. The topological polar surface area (TPSA) is 93.8 Å². The molecule has 8 nitrogen and oxygen atoms in total. The van der Waals surface area contributed by atoms with E-state index in [4.69, 9.17) is 0 Å². The number of nitrogens with zero attached hydrogens (tertiary/aromatic N) is 2. The summed E-state index contributed by atoms with van der Waals surface area (Å²) in [5.74, 6) is 0.971. The predicted molar refractivity (Wildman–Crippen MR) is 154 cm³/mol. The zero-order valence-electron chi connectivity index (χ0n) is 23.4. The molecule has 1 aliphatic carbocycles. The van der Waals surface area contributed by atoms with Gasteiger partial charge in [-0.2, -0.15) is 0 Å². The number of nitrogens with one attached hydrogen (secondary N) is 3. The molecule has 2 aromatic carbocycles. The Morgan fingerprint density at radius 1 is 1.10 bits per heavy atom. The first-order valence-corrected chi connectivity index (χ1v) is 14.2. The predicted octanol–water partition coefficient (Wildman–Crippen LogP) is 3.14. The van der Waals surface area contributed by atoms with E-state index >= 15 is 0 Å². The molecule has 3 aliphatic heterocycles. The lowest BCUT2D eigenvalue weighted by Gasteiger charge is -2.44. The molecule has 3 heterocycles. The fourth-order valence-electron chi connectivity index (χ4n) is 6.75. The molecule has 0 radical (unpaired) electrons. The molecule has 0 bridgehead atoms. The summed E-state index contributed by atoms with van der Waals surface area (Å²) in [6, 6.07) is 15.4. The quantitative estimate of drug-likeness (QED) is 0.525. The van der Waals surface area contributed by atoms with Crippen LogP contribution in [0.25, 0.3) is 0 Å². The monoisotopic (exact) mass is 539 g/mol. The van der Waals surface area contributed by atoms with Crippen LogP contribution in [-0.4, -0.2) is 60.2 Å². The van der Waals surface area contributed by atoms with Crippen molar-refractivity contribution >= 4 is 23.4 Å². The molecule has 1 fully saturated rings. The number of carbonyl (C=O) groups is 3. The Kier molecular flexibility index (Phi) is 6.74. The van der Waals surface area contributed by atoms with Gasteiger partial charge in [-0.25, -0.2) is 0 Å². The summed E-state index contributed by atoms with van der Waals surface area (Å²) in [6.45, 7) is 5.60. The summed E-state index contributed by atoms with van der Waals surface area (Å²) in [7, 11) is 2.00. The van der Waals surface area contributed by atoms with E-state index < -0.39 is 5.41 Å². The van der Waals surface area contributed by atoms with Gasteiger partial charge in [-0.15, -0.1) is 0 Å². The summed E-state index contributed by atoms with van der Waals surface area (Å²) in [6.07, 6.45) is 6.08. The van der Waals surface area contributed by atoms with Gasteiger partial charge in [0.2, 0.25) is 17.7 Å². The fraction of sp³-hybridized carbons (Fsp3) is 0.406. The number of fused-ring (bicyclic) bond motifs is 2. The first kappa shape index (κ1) is 26.3. The Morgan fingerprint density at radius 2 is 1.88 bits per heavy atom. The van der Waals surface area contributed by atoms with E-state index in [1.807, 2.05) is 61.7 Å². The van der Waals surface area contributed by atoms with E-state index in [0.717, 1.165) is 34.5 Å². The van der Waals surface area contributed by atoms with Crippen LogP contribution < -0.4 is 16.0 Å². The van der Waals surface area contributed by atoms with Gasteiger partial charge in [0, 0.05) is 24.4 Å². The molecule has 1 saturated heterocycles. The van der Waals surface area contributed by atoms with Gasteiger partial charge >= 0.3 is 0 Å². The minimum Gasteiger partial charge on any atom is -0.368 e. The minimum absolute atomic E-state index is 0.00665. The molecule has 0 aromatic heterocycles. The Labute approximate surface area is 235 Å². The van der Waals surface area contributed by atoms with Crippen LogP contribution in [-0.2, 0) is 27.2 Å². The van der Waals surface area contributed by atoms with Gasteiger partial charge < -0.3 is 20.9 Å². The van der Waals surface area contributed by atoms with Gasteiger partial charge in [0.05, 0.1) is 17.5 Å². The third-order valence-electron chi connectivity index (χ3n) is 8.74. The molecule has 4 aliphatic rings. The summed E-state index contributed by atoms with van der Waals surface area (Å²) in [5.41, 5.74) is 4.30. The highest BCUT2D eigenvalue weighted by molar-refractivity contribution is 5.96. The molecule has 3 N–H and O–H groups in total. The van der Waals surface area contributed by atoms with Crippen molar-refractivity contribution in [1.82, 2.24) is 20.4 Å². The number of allylic oxidation sites excluding steroid dienone is 1. The number of hydrogen-bond donors (Lipinski definition) is 3. The Morgan fingerprint density at radius 3 is 2.65 bits per heavy atom. The maximum Gasteiger partial charge on any atom is 0.244 e. The largest absolute Gasteiger partial charge is 0.368 e. The van der Waals surface area contributed by atoms with Crippen molar-refractivity contribution in [2.24, 2.45) is 11.3 Å². The zero-order chi connectivity index (χ0) is 28.0. The normalized spacial score (nSPS) is 25.8. The second-order valence-electron chi connectivity index (χ2n) is 12.0. The minimum atomic E-state index is -0.606. The number of rotatable bonds is 6. The summed E-state index contributed by atoms with van der Waals surface area (Å²) in [4.78, 5) is 44.1. The maximum atomic E-state index is 13.7. The first-order chi connectivity index (χ1) is 19.2. The van der Waals surface area contributed by atoms with Crippen LogP contribution in [0.2, 0.25) is 0 Å². The van der Waals surface area contributed by atoms with Crippen molar-refractivity contribution in [2.45, 2.75) is 45.2 Å². The zero-order valence-corrected chi connectivity index (χ0v) is 23.4. The molecule has 6 rings (SSSR count). The second kappa shape index (κ2) is 10.2. The third kappa shape index (κ3) is 4.60. The molecular formula is C32H37N5O3. The fourth-order valence-corrected chi connectivity index (χ4v) is 6.75. The second-order valence-corrected chi connectivity index (χ2v) is 12.0. The van der Waals surface area contributed by atoms with Gasteiger partial charge in [-0.1, -0.05) is 62.4 Å². The molecule has 3 amide bonds. The average Bonchev–Trinajstić information content (AvgIpc) is 3.45. The van der Waals surface area contributed by atoms with Crippen LogP contribution in [0, 0.1) is 11.3 Å². The van der Waals surface area contributed by atoms with Crippen LogP contribution in [0.3, 0.4) is 0 Å². The van der Waals surface area contributed by atoms with E-state index in [9.17, 15) is 14.4 Å². The third-order valence-corrected chi connectivity index (χ3v) is 8.74. The number of benzene rings is 2. The molecule has 2 aromatic rings. The van der Waals surface area contributed by atoms with Crippen molar-refractivity contribution in [3.8, 4) is 0 Å².